The molecule has 22 heavy (non-hydrogen) atoms. The quantitative estimate of drug-likeness (QED) is 0.246. The molecule has 0 aromatic heterocycles. The van der Waals surface area contributed by atoms with Crippen molar-refractivity contribution in [2.75, 3.05) is 27.2 Å². The van der Waals surface area contributed by atoms with Gasteiger partial charge >= 0.3 is 5.97 Å². The number of hydrogen-bond donors (Lipinski definition) is 3. The van der Waals surface area contributed by atoms with E-state index in [1.165, 1.54) is 38.5 Å². The Morgan fingerprint density at radius 3 is 2.09 bits per heavy atom. The van der Waals surface area contributed by atoms with Crippen molar-refractivity contribution in [2.24, 2.45) is 0 Å². The van der Waals surface area contributed by atoms with Crippen molar-refractivity contribution in [2.45, 2.75) is 77.2 Å². The van der Waals surface area contributed by atoms with Crippen LogP contribution in [0.4, 0.5) is 0 Å². The van der Waals surface area contributed by atoms with E-state index < -0.39 is 5.97 Å². The van der Waals surface area contributed by atoms with E-state index in [9.17, 15) is 10.0 Å². The van der Waals surface area contributed by atoms with Crippen molar-refractivity contribution in [3.05, 3.63) is 0 Å². The van der Waals surface area contributed by atoms with Crippen LogP contribution in [0.3, 0.4) is 0 Å². The van der Waals surface area contributed by atoms with Crippen LogP contribution in [0.1, 0.15) is 71.1 Å². The minimum atomic E-state index is -0.759. The van der Waals surface area contributed by atoms with Gasteiger partial charge in [0.15, 0.2) is 6.54 Å². The van der Waals surface area contributed by atoms with Crippen molar-refractivity contribution < 1.29 is 19.6 Å². The fourth-order valence-corrected chi connectivity index (χ4v) is 2.83. The average molecular weight is 317 g/mol. The molecule has 5 heteroatoms. The zero-order chi connectivity index (χ0) is 16.8. The van der Waals surface area contributed by atoms with Crippen LogP contribution in [-0.2, 0) is 4.79 Å². The number of hydrogen-bond acceptors (Lipinski definition) is 3. The number of rotatable bonds is 15. The first-order valence-electron chi connectivity index (χ1n) is 8.84. The van der Waals surface area contributed by atoms with Crippen LogP contribution >= 0.6 is 0 Å². The van der Waals surface area contributed by atoms with Gasteiger partial charge in [-0.05, 0) is 19.3 Å². The summed E-state index contributed by atoms with van der Waals surface area (Å²) < 4.78 is 0.491. The standard InChI is InChI=1S/C17H36N2O3/c1-4-5-6-7-8-9-10-12-16(18-22)13-11-14-19(2,3)15-17(20)21/h16,18,22H,4-15H2,1-3H3/p+1. The second-order valence-electron chi connectivity index (χ2n) is 7.09. The smallest absolute Gasteiger partial charge is 0.359 e. The summed E-state index contributed by atoms with van der Waals surface area (Å²) in [6, 6.07) is 0.139. The number of carboxylic acids is 1. The average Bonchev–Trinajstić information content (AvgIpc) is 2.42. The number of unbranched alkanes of at least 4 members (excludes halogenated alkanes) is 6. The van der Waals surface area contributed by atoms with Crippen LogP contribution in [0.2, 0.25) is 0 Å². The predicted molar refractivity (Wildman–Crippen MR) is 90.0 cm³/mol. The molecule has 0 bridgehead atoms. The number of nitrogens with one attached hydrogen (secondary N) is 1. The SMILES string of the molecule is CCCCCCCCCC(CCC[N+](C)(C)CC(=O)O)NO. The topological polar surface area (TPSA) is 69.6 Å². The molecular weight excluding hydrogens is 280 g/mol. The molecule has 0 aromatic carbocycles. The molecule has 0 spiro atoms. The molecule has 0 aliphatic heterocycles. The summed E-state index contributed by atoms with van der Waals surface area (Å²) in [5.41, 5.74) is 2.42. The molecule has 0 radical (unpaired) electrons. The molecule has 0 fully saturated rings. The Hall–Kier alpha value is -0.650. The molecule has 0 rings (SSSR count). The lowest BCUT2D eigenvalue weighted by Crippen LogP contribution is -2.44. The first-order valence-corrected chi connectivity index (χ1v) is 8.84. The van der Waals surface area contributed by atoms with Crippen LogP contribution < -0.4 is 5.48 Å². The van der Waals surface area contributed by atoms with Gasteiger partial charge in [-0.25, -0.2) is 10.3 Å². The van der Waals surface area contributed by atoms with Crippen molar-refractivity contribution in [3.63, 3.8) is 0 Å². The van der Waals surface area contributed by atoms with Gasteiger partial charge in [0.2, 0.25) is 0 Å². The Balaban J connectivity index is 3.68. The van der Waals surface area contributed by atoms with Crippen LogP contribution in [0.5, 0.6) is 0 Å². The van der Waals surface area contributed by atoms with Gasteiger partial charge in [-0.1, -0.05) is 51.9 Å². The Morgan fingerprint density at radius 2 is 1.55 bits per heavy atom. The fourth-order valence-electron chi connectivity index (χ4n) is 2.83. The summed E-state index contributed by atoms with van der Waals surface area (Å²) in [5.74, 6) is -0.759. The number of hydroxylamine groups is 1. The highest BCUT2D eigenvalue weighted by atomic mass is 16.5. The van der Waals surface area contributed by atoms with Crippen molar-refractivity contribution >= 4 is 5.97 Å². The van der Waals surface area contributed by atoms with E-state index in [1.54, 1.807) is 0 Å². The van der Waals surface area contributed by atoms with E-state index in [4.69, 9.17) is 5.11 Å². The van der Waals surface area contributed by atoms with Crippen LogP contribution in [0, 0.1) is 0 Å². The Kier molecular flexibility index (Phi) is 12.5. The van der Waals surface area contributed by atoms with E-state index in [0.29, 0.717) is 4.48 Å². The first kappa shape index (κ1) is 21.4. The monoisotopic (exact) mass is 317 g/mol. The zero-order valence-electron chi connectivity index (χ0n) is 14.8. The summed E-state index contributed by atoms with van der Waals surface area (Å²) in [6.07, 6.45) is 11.8. The van der Waals surface area contributed by atoms with Gasteiger partial charge in [0.1, 0.15) is 0 Å². The number of carboxylic acid groups (broad SMARTS) is 1. The van der Waals surface area contributed by atoms with E-state index in [2.05, 4.69) is 12.4 Å². The van der Waals surface area contributed by atoms with E-state index in [-0.39, 0.29) is 12.6 Å². The Morgan fingerprint density at radius 1 is 1.00 bits per heavy atom. The van der Waals surface area contributed by atoms with E-state index in [1.807, 2.05) is 14.1 Å². The van der Waals surface area contributed by atoms with Gasteiger partial charge in [-0.2, -0.15) is 0 Å². The lowest BCUT2D eigenvalue weighted by atomic mass is 10.0. The zero-order valence-corrected chi connectivity index (χ0v) is 14.8. The summed E-state index contributed by atoms with van der Waals surface area (Å²) in [5, 5.41) is 18.1. The highest BCUT2D eigenvalue weighted by molar-refractivity contribution is 5.67. The largest absolute Gasteiger partial charge is 0.477 e. The lowest BCUT2D eigenvalue weighted by molar-refractivity contribution is -0.883. The highest BCUT2D eigenvalue weighted by Gasteiger charge is 2.19. The molecule has 1 unspecified atom stereocenters. The normalized spacial score (nSPS) is 13.3. The molecule has 0 aromatic rings. The molecule has 3 N–H and O–H groups in total. The van der Waals surface area contributed by atoms with Gasteiger partial charge < -0.3 is 14.8 Å². The van der Waals surface area contributed by atoms with Crippen molar-refractivity contribution in [1.29, 1.82) is 0 Å². The third-order valence-corrected chi connectivity index (χ3v) is 4.22. The predicted octanol–water partition coefficient (Wildman–Crippen LogP) is 3.42. The minimum Gasteiger partial charge on any atom is -0.477 e. The highest BCUT2D eigenvalue weighted by Crippen LogP contribution is 2.12. The molecule has 0 saturated carbocycles. The second kappa shape index (κ2) is 12.9. The van der Waals surface area contributed by atoms with Gasteiger partial charge in [-0.3, -0.25) is 0 Å². The van der Waals surface area contributed by atoms with Crippen molar-refractivity contribution in [3.8, 4) is 0 Å². The van der Waals surface area contributed by atoms with E-state index in [0.717, 1.165) is 32.2 Å². The van der Waals surface area contributed by atoms with Gasteiger partial charge in [-0.15, -0.1) is 0 Å². The van der Waals surface area contributed by atoms with E-state index >= 15 is 0 Å². The summed E-state index contributed by atoms with van der Waals surface area (Å²) in [4.78, 5) is 10.8. The van der Waals surface area contributed by atoms with Crippen LogP contribution in [-0.4, -0.2) is 54.0 Å². The Labute approximate surface area is 136 Å². The third-order valence-electron chi connectivity index (χ3n) is 4.22. The maximum atomic E-state index is 10.8. The third kappa shape index (κ3) is 13.0. The van der Waals surface area contributed by atoms with Gasteiger partial charge in [0, 0.05) is 6.04 Å². The number of nitrogens with zero attached hydrogens (tertiary/aromatic N) is 1. The molecule has 0 amide bonds. The van der Waals surface area contributed by atoms with Crippen LogP contribution in [0.25, 0.3) is 0 Å². The summed E-state index contributed by atoms with van der Waals surface area (Å²) in [7, 11) is 3.87. The first-order chi connectivity index (χ1) is 10.4. The number of quaternary nitrogens is 1. The molecule has 132 valence electrons. The molecule has 0 saturated heterocycles. The maximum absolute atomic E-state index is 10.8. The van der Waals surface area contributed by atoms with Gasteiger partial charge in [0.05, 0.1) is 20.6 Å². The molecular formula is C17H37N2O3+. The minimum absolute atomic E-state index is 0.139. The number of carbonyl (C=O) groups is 1. The summed E-state index contributed by atoms with van der Waals surface area (Å²) >= 11 is 0. The second-order valence-corrected chi connectivity index (χ2v) is 7.09. The summed E-state index contributed by atoms with van der Waals surface area (Å²) in [6.45, 7) is 3.20. The fraction of sp³-hybridized carbons (Fsp3) is 0.941. The Bertz CT molecular complexity index is 283. The molecule has 1 atom stereocenters. The lowest BCUT2D eigenvalue weighted by Gasteiger charge is -2.28. The number of likely N-dealkylation sites (N-methyl/N-ethyl adjacent to an activating group) is 1. The number of aliphatic carboxylic acids is 1. The molecule has 5 nitrogen and oxygen atoms in total. The van der Waals surface area contributed by atoms with Crippen LogP contribution in [0.15, 0.2) is 0 Å². The maximum Gasteiger partial charge on any atom is 0.359 e. The molecule has 0 heterocycles. The van der Waals surface area contributed by atoms with Crippen molar-refractivity contribution in [1.82, 2.24) is 5.48 Å². The van der Waals surface area contributed by atoms with Gasteiger partial charge in [0.25, 0.3) is 0 Å². The molecule has 0 aliphatic rings. The molecule has 0 aliphatic carbocycles.